The summed E-state index contributed by atoms with van der Waals surface area (Å²) in [6.07, 6.45) is 8.85. The summed E-state index contributed by atoms with van der Waals surface area (Å²) in [7, 11) is 0. The smallest absolute Gasteiger partial charge is 0.0184 e. The Labute approximate surface area is 70.0 Å². The van der Waals surface area contributed by atoms with Gasteiger partial charge in [-0.05, 0) is 43.3 Å². The van der Waals surface area contributed by atoms with Crippen LogP contribution in [0, 0.1) is 5.92 Å². The normalized spacial score (nSPS) is 19.4. The zero-order chi connectivity index (χ0) is 8.10. The minimum Gasteiger partial charge on any atom is -0.126 e. The van der Waals surface area contributed by atoms with E-state index in [1.807, 2.05) is 0 Å². The zero-order valence-electron chi connectivity index (χ0n) is 7.69. The summed E-state index contributed by atoms with van der Waals surface area (Å²) in [5, 5.41) is 0. The van der Waals surface area contributed by atoms with Crippen LogP contribution in [0.5, 0.6) is 0 Å². The van der Waals surface area contributed by atoms with Crippen LogP contribution < -0.4 is 0 Å². The van der Waals surface area contributed by atoms with Crippen molar-refractivity contribution in [2.24, 2.45) is 5.92 Å². The van der Waals surface area contributed by atoms with E-state index in [0.29, 0.717) is 5.92 Å². The average molecular weight is 150 g/mol. The molecule has 0 radical (unpaired) electrons. The van der Waals surface area contributed by atoms with E-state index in [9.17, 15) is 0 Å². The Morgan fingerprint density at radius 2 is 2.09 bits per heavy atom. The molecule has 0 spiro atoms. The number of rotatable bonds is 1. The van der Waals surface area contributed by atoms with E-state index in [2.05, 4.69) is 25.7 Å². The first-order valence-corrected chi connectivity index (χ1v) is 4.74. The zero-order valence-corrected chi connectivity index (χ0v) is 7.69. The lowest BCUT2D eigenvalue weighted by molar-refractivity contribution is 0.627. The molecule has 62 valence electrons. The minimum absolute atomic E-state index is 0.698. The van der Waals surface area contributed by atoms with E-state index >= 15 is 0 Å². The van der Waals surface area contributed by atoms with Crippen molar-refractivity contribution in [3.05, 3.63) is 17.4 Å². The Hall–Kier alpha value is -0.480. The van der Waals surface area contributed by atoms with E-state index in [-0.39, 0.29) is 0 Å². The molecule has 0 nitrogen and oxygen atoms in total. The van der Waals surface area contributed by atoms with Gasteiger partial charge in [-0.3, -0.25) is 0 Å². The van der Waals surface area contributed by atoms with Crippen molar-refractivity contribution in [2.45, 2.75) is 46.0 Å². The summed E-state index contributed by atoms with van der Waals surface area (Å²) in [6, 6.07) is 0. The van der Waals surface area contributed by atoms with Gasteiger partial charge in [0.2, 0.25) is 0 Å². The number of hydrogen-bond acceptors (Lipinski definition) is 0. The van der Waals surface area contributed by atoms with Crippen molar-refractivity contribution in [2.75, 3.05) is 0 Å². The van der Waals surface area contributed by atoms with Gasteiger partial charge in [-0.15, -0.1) is 5.73 Å². The Morgan fingerprint density at radius 3 is 2.82 bits per heavy atom. The molecule has 0 aliphatic heterocycles. The molecule has 0 atom stereocenters. The van der Waals surface area contributed by atoms with Crippen molar-refractivity contribution in [1.29, 1.82) is 0 Å². The molecule has 0 heterocycles. The summed E-state index contributed by atoms with van der Waals surface area (Å²) in [5.74, 6) is 0.698. The lowest BCUT2D eigenvalue weighted by Gasteiger charge is -2.09. The molecule has 0 N–H and O–H groups in total. The molecule has 0 bridgehead atoms. The highest BCUT2D eigenvalue weighted by atomic mass is 14.1. The van der Waals surface area contributed by atoms with Crippen molar-refractivity contribution in [1.82, 2.24) is 0 Å². The highest BCUT2D eigenvalue weighted by molar-refractivity contribution is 5.05. The second-order valence-electron chi connectivity index (χ2n) is 3.63. The van der Waals surface area contributed by atoms with Gasteiger partial charge in [0, 0.05) is 0 Å². The Morgan fingerprint density at radius 1 is 1.27 bits per heavy atom. The van der Waals surface area contributed by atoms with Crippen LogP contribution >= 0.6 is 0 Å². The SMILES string of the molecule is CC(C)C1=C=CCCCCC1. The molecule has 0 fully saturated rings. The van der Waals surface area contributed by atoms with Gasteiger partial charge in [0.15, 0.2) is 0 Å². The second kappa shape index (κ2) is 4.41. The first-order valence-electron chi connectivity index (χ1n) is 4.74. The largest absolute Gasteiger partial charge is 0.126 e. The van der Waals surface area contributed by atoms with Gasteiger partial charge >= 0.3 is 0 Å². The van der Waals surface area contributed by atoms with Crippen LogP contribution in [0.2, 0.25) is 0 Å². The second-order valence-corrected chi connectivity index (χ2v) is 3.63. The molecule has 0 aromatic rings. The summed E-state index contributed by atoms with van der Waals surface area (Å²) in [5.41, 5.74) is 4.93. The first-order chi connectivity index (χ1) is 5.30. The molecule has 0 aromatic heterocycles. The minimum atomic E-state index is 0.698. The standard InChI is InChI=1S/C11H18/c1-10(2)11-8-6-4-3-5-7-9-11/h6,10H,3-5,7,9H2,1-2H3. The predicted octanol–water partition coefficient (Wildman–Crippen LogP) is 3.69. The number of hydrogen-bond donors (Lipinski definition) is 0. The molecule has 0 amide bonds. The van der Waals surface area contributed by atoms with E-state index < -0.39 is 0 Å². The molecule has 1 aliphatic rings. The highest BCUT2D eigenvalue weighted by Gasteiger charge is 2.02. The third kappa shape index (κ3) is 2.95. The Bertz CT molecular complexity index is 168. The van der Waals surface area contributed by atoms with Crippen LogP contribution in [0.3, 0.4) is 0 Å². The van der Waals surface area contributed by atoms with Crippen molar-refractivity contribution in [3.63, 3.8) is 0 Å². The van der Waals surface area contributed by atoms with Crippen LogP contribution in [-0.4, -0.2) is 0 Å². The van der Waals surface area contributed by atoms with E-state index in [0.717, 1.165) is 0 Å². The average Bonchev–Trinajstić information content (AvgIpc) is 1.84. The maximum atomic E-state index is 3.41. The third-order valence-corrected chi connectivity index (χ3v) is 2.28. The van der Waals surface area contributed by atoms with Gasteiger partial charge in [0.25, 0.3) is 0 Å². The van der Waals surface area contributed by atoms with Gasteiger partial charge in [0.05, 0.1) is 0 Å². The molecule has 0 saturated carbocycles. The van der Waals surface area contributed by atoms with Crippen LogP contribution in [0.1, 0.15) is 46.0 Å². The molecule has 1 aliphatic carbocycles. The van der Waals surface area contributed by atoms with Gasteiger partial charge < -0.3 is 0 Å². The summed E-state index contributed by atoms with van der Waals surface area (Å²) in [4.78, 5) is 0. The predicted molar refractivity (Wildman–Crippen MR) is 49.5 cm³/mol. The molecule has 0 aromatic carbocycles. The molecule has 1 rings (SSSR count). The quantitative estimate of drug-likeness (QED) is 0.500. The summed E-state index contributed by atoms with van der Waals surface area (Å²) < 4.78 is 0. The lowest BCUT2D eigenvalue weighted by atomic mass is 9.96. The van der Waals surface area contributed by atoms with Gasteiger partial charge in [-0.2, -0.15) is 0 Å². The number of allylic oxidation sites excluding steroid dienone is 1. The third-order valence-electron chi connectivity index (χ3n) is 2.28. The fourth-order valence-electron chi connectivity index (χ4n) is 1.47. The maximum Gasteiger partial charge on any atom is -0.0184 e. The van der Waals surface area contributed by atoms with E-state index in [1.165, 1.54) is 37.7 Å². The van der Waals surface area contributed by atoms with Crippen LogP contribution in [-0.2, 0) is 0 Å². The highest BCUT2D eigenvalue weighted by Crippen LogP contribution is 2.18. The van der Waals surface area contributed by atoms with Crippen molar-refractivity contribution in [3.8, 4) is 0 Å². The molecule has 0 unspecified atom stereocenters. The Balaban J connectivity index is 2.63. The molecular formula is C11H18. The van der Waals surface area contributed by atoms with Gasteiger partial charge in [0.1, 0.15) is 0 Å². The first kappa shape index (κ1) is 8.62. The van der Waals surface area contributed by atoms with Crippen LogP contribution in [0.4, 0.5) is 0 Å². The van der Waals surface area contributed by atoms with Crippen LogP contribution in [0.25, 0.3) is 0 Å². The molecule has 0 heteroatoms. The van der Waals surface area contributed by atoms with Gasteiger partial charge in [-0.1, -0.05) is 20.3 Å². The van der Waals surface area contributed by atoms with E-state index in [1.54, 1.807) is 0 Å². The van der Waals surface area contributed by atoms with Gasteiger partial charge in [-0.25, -0.2) is 0 Å². The van der Waals surface area contributed by atoms with Crippen LogP contribution in [0.15, 0.2) is 17.4 Å². The van der Waals surface area contributed by atoms with Crippen molar-refractivity contribution < 1.29 is 0 Å². The summed E-state index contributed by atoms with van der Waals surface area (Å²) >= 11 is 0. The monoisotopic (exact) mass is 150 g/mol. The molecular weight excluding hydrogens is 132 g/mol. The summed E-state index contributed by atoms with van der Waals surface area (Å²) in [6.45, 7) is 4.52. The van der Waals surface area contributed by atoms with E-state index in [4.69, 9.17) is 0 Å². The maximum absolute atomic E-state index is 3.41. The Kier molecular flexibility index (Phi) is 3.45. The fourth-order valence-corrected chi connectivity index (χ4v) is 1.47. The lowest BCUT2D eigenvalue weighted by Crippen LogP contribution is -1.94. The molecule has 0 saturated heterocycles. The topological polar surface area (TPSA) is 0 Å². The molecule has 11 heavy (non-hydrogen) atoms. The fraction of sp³-hybridized carbons (Fsp3) is 0.727. The van der Waals surface area contributed by atoms with Crippen molar-refractivity contribution >= 4 is 0 Å².